The number of aryl methyl sites for hydroxylation is 1. The Bertz CT molecular complexity index is 813. The smallest absolute Gasteiger partial charge is 0.248 e. The van der Waals surface area contributed by atoms with E-state index in [1.165, 1.54) is 18.2 Å². The zero-order chi connectivity index (χ0) is 16.2. The summed E-state index contributed by atoms with van der Waals surface area (Å²) in [5, 5.41) is 7.73. The second kappa shape index (κ2) is 6.55. The molecule has 6 heteroatoms. The molecule has 114 valence electrons. The van der Waals surface area contributed by atoms with Gasteiger partial charge in [0.25, 0.3) is 0 Å². The Kier molecular flexibility index (Phi) is 4.75. The molecule has 0 fully saturated rings. The van der Waals surface area contributed by atoms with Crippen LogP contribution in [0.2, 0.25) is 0 Å². The van der Waals surface area contributed by atoms with Gasteiger partial charge in [-0.2, -0.15) is 0 Å². The minimum absolute atomic E-state index is 0.0413. The van der Waals surface area contributed by atoms with Gasteiger partial charge in [0.1, 0.15) is 0 Å². The second-order valence-electron chi connectivity index (χ2n) is 4.76. The highest BCUT2D eigenvalue weighted by molar-refractivity contribution is 7.89. The van der Waals surface area contributed by atoms with Gasteiger partial charge in [0.2, 0.25) is 15.9 Å². The number of hydrogen-bond acceptors (Lipinski definition) is 3. The van der Waals surface area contributed by atoms with Crippen LogP contribution in [0.25, 0.3) is 6.08 Å². The lowest BCUT2D eigenvalue weighted by molar-refractivity contribution is -0.111. The van der Waals surface area contributed by atoms with E-state index in [0.29, 0.717) is 5.69 Å². The van der Waals surface area contributed by atoms with E-state index in [1.807, 2.05) is 30.3 Å². The summed E-state index contributed by atoms with van der Waals surface area (Å²) in [5.41, 5.74) is 2.05. The van der Waals surface area contributed by atoms with Crippen LogP contribution >= 0.6 is 0 Å². The third-order valence-electron chi connectivity index (χ3n) is 3.02. The van der Waals surface area contributed by atoms with Crippen molar-refractivity contribution in [3.05, 3.63) is 65.7 Å². The van der Waals surface area contributed by atoms with Crippen LogP contribution in [0.3, 0.4) is 0 Å². The molecule has 5 nitrogen and oxygen atoms in total. The Morgan fingerprint density at radius 2 is 1.82 bits per heavy atom. The van der Waals surface area contributed by atoms with Crippen molar-refractivity contribution >= 4 is 27.7 Å². The molecule has 0 saturated carbocycles. The number of carbonyl (C=O) groups excluding carboxylic acids is 1. The molecule has 0 aliphatic heterocycles. The molecule has 0 atom stereocenters. The first-order chi connectivity index (χ1) is 10.4. The van der Waals surface area contributed by atoms with Gasteiger partial charge in [-0.25, -0.2) is 13.6 Å². The Morgan fingerprint density at radius 3 is 2.45 bits per heavy atom. The summed E-state index contributed by atoms with van der Waals surface area (Å²) in [6, 6.07) is 13.7. The summed E-state index contributed by atoms with van der Waals surface area (Å²) in [5.74, 6) is -0.349. The number of benzene rings is 2. The van der Waals surface area contributed by atoms with Crippen LogP contribution in [0, 0.1) is 6.92 Å². The Hall–Kier alpha value is -2.44. The number of hydrogen-bond donors (Lipinski definition) is 2. The lowest BCUT2D eigenvalue weighted by Crippen LogP contribution is -2.14. The number of anilines is 1. The van der Waals surface area contributed by atoms with Crippen LogP contribution in [0.15, 0.2) is 59.5 Å². The molecule has 2 aromatic carbocycles. The first-order valence-corrected chi connectivity index (χ1v) is 8.08. The first kappa shape index (κ1) is 15.9. The molecule has 0 radical (unpaired) electrons. The van der Waals surface area contributed by atoms with Gasteiger partial charge in [-0.15, -0.1) is 0 Å². The number of carbonyl (C=O) groups is 1. The molecule has 2 aromatic rings. The minimum atomic E-state index is -3.80. The Morgan fingerprint density at radius 1 is 1.14 bits per heavy atom. The van der Waals surface area contributed by atoms with Crippen molar-refractivity contribution in [3.63, 3.8) is 0 Å². The summed E-state index contributed by atoms with van der Waals surface area (Å²) in [6.07, 6.45) is 3.06. The fourth-order valence-corrected chi connectivity index (χ4v) is 2.36. The van der Waals surface area contributed by atoms with Gasteiger partial charge in [0.15, 0.2) is 0 Å². The predicted molar refractivity (Wildman–Crippen MR) is 86.7 cm³/mol. The van der Waals surface area contributed by atoms with Crippen molar-refractivity contribution < 1.29 is 13.2 Å². The zero-order valence-corrected chi connectivity index (χ0v) is 12.8. The maximum absolute atomic E-state index is 11.9. The number of nitrogens with two attached hydrogens (primary N) is 1. The maximum atomic E-state index is 11.9. The first-order valence-electron chi connectivity index (χ1n) is 6.54. The van der Waals surface area contributed by atoms with E-state index >= 15 is 0 Å². The fourth-order valence-electron chi connectivity index (χ4n) is 1.82. The summed E-state index contributed by atoms with van der Waals surface area (Å²) in [6.45, 7) is 1.77. The van der Waals surface area contributed by atoms with Crippen molar-refractivity contribution in [2.45, 2.75) is 11.8 Å². The SMILES string of the molecule is Cc1ccc(S(N)(=O)=O)cc1NC(=O)/C=C/c1ccccc1. The lowest BCUT2D eigenvalue weighted by atomic mass is 10.2. The largest absolute Gasteiger partial charge is 0.322 e. The number of nitrogens with one attached hydrogen (secondary N) is 1. The standard InChI is InChI=1S/C16H16N2O3S/c1-12-7-9-14(22(17,20)21)11-15(12)18-16(19)10-8-13-5-3-2-4-6-13/h2-11H,1H3,(H,18,19)(H2,17,20,21)/b10-8+. The molecule has 2 rings (SSSR count). The quantitative estimate of drug-likeness (QED) is 0.848. The second-order valence-corrected chi connectivity index (χ2v) is 6.32. The van der Waals surface area contributed by atoms with Crippen molar-refractivity contribution in [1.82, 2.24) is 0 Å². The molecule has 1 amide bonds. The van der Waals surface area contributed by atoms with Gasteiger partial charge < -0.3 is 5.32 Å². The van der Waals surface area contributed by atoms with Crippen LogP contribution in [0.4, 0.5) is 5.69 Å². The summed E-state index contributed by atoms with van der Waals surface area (Å²) in [4.78, 5) is 11.9. The summed E-state index contributed by atoms with van der Waals surface area (Å²) in [7, 11) is -3.80. The van der Waals surface area contributed by atoms with Crippen LogP contribution < -0.4 is 10.5 Å². The molecule has 22 heavy (non-hydrogen) atoms. The molecule has 0 aromatic heterocycles. The van der Waals surface area contributed by atoms with Gasteiger partial charge in [-0.05, 0) is 36.3 Å². The number of amides is 1. The van der Waals surface area contributed by atoms with E-state index in [4.69, 9.17) is 5.14 Å². The molecule has 3 N–H and O–H groups in total. The van der Waals surface area contributed by atoms with Crippen molar-refractivity contribution in [1.29, 1.82) is 0 Å². The third-order valence-corrected chi connectivity index (χ3v) is 3.93. The van der Waals surface area contributed by atoms with E-state index in [-0.39, 0.29) is 10.8 Å². The zero-order valence-electron chi connectivity index (χ0n) is 12.0. The topological polar surface area (TPSA) is 89.3 Å². The van der Waals surface area contributed by atoms with E-state index in [1.54, 1.807) is 19.1 Å². The number of rotatable bonds is 4. The van der Waals surface area contributed by atoms with Gasteiger partial charge in [-0.1, -0.05) is 36.4 Å². The minimum Gasteiger partial charge on any atom is -0.322 e. The molecule has 0 spiro atoms. The average molecular weight is 316 g/mol. The third kappa shape index (κ3) is 4.28. The molecule has 0 bridgehead atoms. The molecule has 0 saturated heterocycles. The van der Waals surface area contributed by atoms with Crippen LogP contribution in [0.1, 0.15) is 11.1 Å². The molecule has 0 aliphatic carbocycles. The summed E-state index contributed by atoms with van der Waals surface area (Å²) < 4.78 is 22.7. The van der Waals surface area contributed by atoms with Gasteiger partial charge in [-0.3, -0.25) is 4.79 Å². The molecular weight excluding hydrogens is 300 g/mol. The highest BCUT2D eigenvalue weighted by Gasteiger charge is 2.10. The summed E-state index contributed by atoms with van der Waals surface area (Å²) >= 11 is 0. The number of primary sulfonamides is 1. The Labute approximate surface area is 129 Å². The van der Waals surface area contributed by atoms with Gasteiger partial charge in [0, 0.05) is 11.8 Å². The number of sulfonamides is 1. The van der Waals surface area contributed by atoms with Crippen LogP contribution in [-0.2, 0) is 14.8 Å². The van der Waals surface area contributed by atoms with Crippen molar-refractivity contribution in [2.75, 3.05) is 5.32 Å². The lowest BCUT2D eigenvalue weighted by Gasteiger charge is -2.08. The van der Waals surface area contributed by atoms with Gasteiger partial charge in [0.05, 0.1) is 4.90 Å². The van der Waals surface area contributed by atoms with Crippen molar-refractivity contribution in [2.24, 2.45) is 5.14 Å². The van der Waals surface area contributed by atoms with Crippen LogP contribution in [0.5, 0.6) is 0 Å². The van der Waals surface area contributed by atoms with Crippen molar-refractivity contribution in [3.8, 4) is 0 Å². The predicted octanol–water partition coefficient (Wildman–Crippen LogP) is 2.29. The van der Waals surface area contributed by atoms with Crippen LogP contribution in [-0.4, -0.2) is 14.3 Å². The van der Waals surface area contributed by atoms with E-state index in [9.17, 15) is 13.2 Å². The molecule has 0 heterocycles. The van der Waals surface area contributed by atoms with E-state index < -0.39 is 10.0 Å². The highest BCUT2D eigenvalue weighted by Crippen LogP contribution is 2.19. The molecular formula is C16H16N2O3S. The monoisotopic (exact) mass is 316 g/mol. The maximum Gasteiger partial charge on any atom is 0.248 e. The van der Waals surface area contributed by atoms with E-state index in [2.05, 4.69) is 5.32 Å². The molecule has 0 unspecified atom stereocenters. The Balaban J connectivity index is 2.17. The fraction of sp³-hybridized carbons (Fsp3) is 0.0625. The highest BCUT2D eigenvalue weighted by atomic mass is 32.2. The van der Waals surface area contributed by atoms with E-state index in [0.717, 1.165) is 11.1 Å². The van der Waals surface area contributed by atoms with Gasteiger partial charge >= 0.3 is 0 Å². The average Bonchev–Trinajstić information content (AvgIpc) is 2.47. The normalized spacial score (nSPS) is 11.5. The molecule has 0 aliphatic rings.